The maximum atomic E-state index is 13.2. The number of imidazole rings is 1. The number of ether oxygens (including phenoxy) is 1. The quantitative estimate of drug-likeness (QED) is 0.445. The molecule has 0 saturated heterocycles. The smallest absolute Gasteiger partial charge is 0.221 e. The van der Waals surface area contributed by atoms with Gasteiger partial charge in [-0.25, -0.2) is 19.0 Å². The average Bonchev–Trinajstić information content (AvgIpc) is 3.38. The molecule has 5 aromatic rings. The van der Waals surface area contributed by atoms with Gasteiger partial charge in [0.15, 0.2) is 17.3 Å². The number of nitrogen functional groups attached to an aromatic ring is 1. The summed E-state index contributed by atoms with van der Waals surface area (Å²) in [4.78, 5) is 8.93. The molecule has 0 amide bonds. The molecule has 3 aromatic heterocycles. The molecule has 5 rings (SSSR count). The minimum Gasteiger partial charge on any atom is -0.439 e. The highest BCUT2D eigenvalue weighted by molar-refractivity contribution is 5.84. The SMILES string of the molecule is NCc1ccc(-n2c(-c3nonc3N)nc3cnc(Oc4ccc(F)cc4)cc32)cc1. The van der Waals surface area contributed by atoms with Gasteiger partial charge >= 0.3 is 0 Å². The van der Waals surface area contributed by atoms with Crippen molar-refractivity contribution in [2.45, 2.75) is 6.54 Å². The highest BCUT2D eigenvalue weighted by Crippen LogP contribution is 2.32. The molecule has 4 N–H and O–H groups in total. The third-order valence-electron chi connectivity index (χ3n) is 4.71. The van der Waals surface area contributed by atoms with Crippen molar-refractivity contribution in [3.63, 3.8) is 0 Å². The van der Waals surface area contributed by atoms with E-state index in [-0.39, 0.29) is 11.6 Å². The van der Waals surface area contributed by atoms with Gasteiger partial charge in [-0.1, -0.05) is 12.1 Å². The predicted octanol–water partition coefficient (Wildman–Crippen LogP) is 3.44. The number of anilines is 1. The van der Waals surface area contributed by atoms with Crippen LogP contribution in [0.25, 0.3) is 28.2 Å². The zero-order valence-electron chi connectivity index (χ0n) is 16.1. The van der Waals surface area contributed by atoms with Crippen LogP contribution in [0.1, 0.15) is 5.56 Å². The maximum Gasteiger partial charge on any atom is 0.221 e. The van der Waals surface area contributed by atoms with Crippen LogP contribution in [0.4, 0.5) is 10.2 Å². The van der Waals surface area contributed by atoms with E-state index in [4.69, 9.17) is 20.8 Å². The lowest BCUT2D eigenvalue weighted by atomic mass is 10.2. The van der Waals surface area contributed by atoms with E-state index in [1.165, 1.54) is 24.3 Å². The number of benzene rings is 2. The number of aromatic nitrogens is 5. The number of fused-ring (bicyclic) bond motifs is 1. The lowest BCUT2D eigenvalue weighted by Gasteiger charge is -2.10. The molecule has 31 heavy (non-hydrogen) atoms. The van der Waals surface area contributed by atoms with Gasteiger partial charge in [-0.2, -0.15) is 0 Å². The second-order valence-electron chi connectivity index (χ2n) is 6.71. The molecule has 0 radical (unpaired) electrons. The Balaban J connectivity index is 1.67. The van der Waals surface area contributed by atoms with Crippen LogP contribution in [-0.4, -0.2) is 24.8 Å². The largest absolute Gasteiger partial charge is 0.439 e. The van der Waals surface area contributed by atoms with Gasteiger partial charge in [-0.15, -0.1) is 0 Å². The molecule has 0 aliphatic carbocycles. The minimum atomic E-state index is -0.349. The van der Waals surface area contributed by atoms with Crippen LogP contribution in [0.15, 0.2) is 65.4 Å². The molecule has 0 unspecified atom stereocenters. The molecule has 0 atom stereocenters. The molecule has 154 valence electrons. The van der Waals surface area contributed by atoms with E-state index < -0.39 is 0 Å². The Bertz CT molecular complexity index is 1360. The van der Waals surface area contributed by atoms with Crippen LogP contribution in [-0.2, 0) is 6.54 Å². The van der Waals surface area contributed by atoms with E-state index in [1.54, 1.807) is 12.3 Å². The van der Waals surface area contributed by atoms with Crippen molar-refractivity contribution in [3.05, 3.63) is 72.2 Å². The average molecular weight is 417 g/mol. The van der Waals surface area contributed by atoms with E-state index in [1.807, 2.05) is 28.8 Å². The summed E-state index contributed by atoms with van der Waals surface area (Å²) in [5, 5.41) is 7.55. The van der Waals surface area contributed by atoms with E-state index in [9.17, 15) is 4.39 Å². The van der Waals surface area contributed by atoms with Crippen LogP contribution in [0.2, 0.25) is 0 Å². The minimum absolute atomic E-state index is 0.117. The molecule has 0 fully saturated rings. The monoisotopic (exact) mass is 417 g/mol. The van der Waals surface area contributed by atoms with Crippen LogP contribution >= 0.6 is 0 Å². The van der Waals surface area contributed by atoms with E-state index in [0.29, 0.717) is 40.7 Å². The second kappa shape index (κ2) is 7.50. The Kier molecular flexibility index (Phi) is 4.53. The molecular weight excluding hydrogens is 401 g/mol. The van der Waals surface area contributed by atoms with E-state index in [2.05, 4.69) is 20.3 Å². The number of pyridine rings is 1. The molecule has 3 heterocycles. The topological polar surface area (TPSA) is 131 Å². The Morgan fingerprint density at radius 3 is 2.48 bits per heavy atom. The molecule has 0 spiro atoms. The number of nitrogens with two attached hydrogens (primary N) is 2. The standard InChI is InChI=1S/C21H16FN7O2/c22-13-3-7-15(8-4-13)30-18-9-17-16(11-25-18)26-21(19-20(24)28-31-27-19)29(17)14-5-1-12(10-23)2-6-14/h1-9,11H,10,23H2,(H2,24,28). The number of rotatable bonds is 5. The first-order valence-corrected chi connectivity index (χ1v) is 9.32. The third-order valence-corrected chi connectivity index (χ3v) is 4.71. The summed E-state index contributed by atoms with van der Waals surface area (Å²) in [7, 11) is 0. The van der Waals surface area contributed by atoms with Gasteiger partial charge in [0.25, 0.3) is 0 Å². The highest BCUT2D eigenvalue weighted by atomic mass is 19.1. The van der Waals surface area contributed by atoms with Crippen LogP contribution < -0.4 is 16.2 Å². The lowest BCUT2D eigenvalue weighted by molar-refractivity contribution is 0.310. The summed E-state index contributed by atoms with van der Waals surface area (Å²) < 4.78 is 25.6. The summed E-state index contributed by atoms with van der Waals surface area (Å²) in [6, 6.07) is 15.1. The molecule has 9 nitrogen and oxygen atoms in total. The van der Waals surface area contributed by atoms with E-state index in [0.717, 1.165) is 11.3 Å². The van der Waals surface area contributed by atoms with Crippen molar-refractivity contribution in [3.8, 4) is 28.8 Å². The van der Waals surface area contributed by atoms with Crippen LogP contribution in [0.5, 0.6) is 11.6 Å². The molecule has 0 bridgehead atoms. The molecule has 0 aliphatic heterocycles. The van der Waals surface area contributed by atoms with Crippen molar-refractivity contribution >= 4 is 16.9 Å². The summed E-state index contributed by atoms with van der Waals surface area (Å²) in [5.74, 6) is 0.979. The van der Waals surface area contributed by atoms with Crippen LogP contribution in [0.3, 0.4) is 0 Å². The molecule has 0 saturated carbocycles. The number of hydrogen-bond acceptors (Lipinski definition) is 8. The van der Waals surface area contributed by atoms with Gasteiger partial charge < -0.3 is 16.2 Å². The van der Waals surface area contributed by atoms with Crippen LogP contribution in [0, 0.1) is 5.82 Å². The fraction of sp³-hybridized carbons (Fsp3) is 0.0476. The summed E-state index contributed by atoms with van der Waals surface area (Å²) in [5.41, 5.74) is 15.0. The first kappa shape index (κ1) is 18.7. The fourth-order valence-electron chi connectivity index (χ4n) is 3.19. The maximum absolute atomic E-state index is 13.2. The lowest BCUT2D eigenvalue weighted by Crippen LogP contribution is -2.01. The van der Waals surface area contributed by atoms with Gasteiger partial charge in [0.2, 0.25) is 5.88 Å². The van der Waals surface area contributed by atoms with Crippen molar-refractivity contribution in [2.75, 3.05) is 5.73 Å². The van der Waals surface area contributed by atoms with Crippen molar-refractivity contribution in [2.24, 2.45) is 5.73 Å². The van der Waals surface area contributed by atoms with E-state index >= 15 is 0 Å². The Labute approximate surface area is 175 Å². The molecule has 2 aromatic carbocycles. The zero-order valence-corrected chi connectivity index (χ0v) is 16.1. The van der Waals surface area contributed by atoms with Gasteiger partial charge in [-0.05, 0) is 52.3 Å². The highest BCUT2D eigenvalue weighted by Gasteiger charge is 2.21. The van der Waals surface area contributed by atoms with Crippen molar-refractivity contribution < 1.29 is 13.8 Å². The Morgan fingerprint density at radius 1 is 1.03 bits per heavy atom. The third kappa shape index (κ3) is 3.45. The first-order valence-electron chi connectivity index (χ1n) is 9.32. The normalized spacial score (nSPS) is 11.2. The number of hydrogen-bond donors (Lipinski definition) is 2. The summed E-state index contributed by atoms with van der Waals surface area (Å²) in [6.07, 6.45) is 1.58. The fourth-order valence-corrected chi connectivity index (χ4v) is 3.19. The van der Waals surface area contributed by atoms with Gasteiger partial charge in [0.05, 0.1) is 11.7 Å². The van der Waals surface area contributed by atoms with Gasteiger partial charge in [0.1, 0.15) is 17.1 Å². The predicted molar refractivity (Wildman–Crippen MR) is 111 cm³/mol. The molecule has 0 aliphatic rings. The number of halogens is 1. The first-order chi connectivity index (χ1) is 15.1. The zero-order chi connectivity index (χ0) is 21.4. The van der Waals surface area contributed by atoms with Gasteiger partial charge in [0, 0.05) is 18.3 Å². The second-order valence-corrected chi connectivity index (χ2v) is 6.71. The summed E-state index contributed by atoms with van der Waals surface area (Å²) >= 11 is 0. The number of nitrogens with zero attached hydrogens (tertiary/aromatic N) is 5. The summed E-state index contributed by atoms with van der Waals surface area (Å²) in [6.45, 7) is 0.428. The Hall–Kier alpha value is -4.31. The molecular formula is C21H16FN7O2. The Morgan fingerprint density at radius 2 is 1.81 bits per heavy atom. The van der Waals surface area contributed by atoms with Crippen molar-refractivity contribution in [1.82, 2.24) is 24.8 Å². The van der Waals surface area contributed by atoms with Gasteiger partial charge in [-0.3, -0.25) is 4.57 Å². The van der Waals surface area contributed by atoms with Crippen molar-refractivity contribution in [1.29, 1.82) is 0 Å². The molecule has 10 heteroatoms.